The van der Waals surface area contributed by atoms with Gasteiger partial charge < -0.3 is 5.73 Å². The molecule has 0 saturated heterocycles. The number of hydrogen-bond acceptors (Lipinski definition) is 6. The van der Waals surface area contributed by atoms with Gasteiger partial charge in [0.2, 0.25) is 0 Å². The molecule has 0 aliphatic carbocycles. The molecule has 1 atom stereocenters. The summed E-state index contributed by atoms with van der Waals surface area (Å²) in [6, 6.07) is 4.49. The molecule has 1 aliphatic heterocycles. The zero-order valence-electron chi connectivity index (χ0n) is 15.0. The number of nitrogens with two attached hydrogens (primary N) is 1. The van der Waals surface area contributed by atoms with Crippen molar-refractivity contribution in [3.8, 4) is 0 Å². The van der Waals surface area contributed by atoms with Crippen molar-refractivity contribution >= 4 is 40.4 Å². The average Bonchev–Trinajstić information content (AvgIpc) is 2.67. The van der Waals surface area contributed by atoms with E-state index in [2.05, 4.69) is 15.0 Å². The van der Waals surface area contributed by atoms with Crippen LogP contribution in [0.25, 0.3) is 6.08 Å². The van der Waals surface area contributed by atoms with Gasteiger partial charge in [0.25, 0.3) is 6.08 Å². The minimum Gasteiger partial charge on any atom is -0.379 e. The van der Waals surface area contributed by atoms with Crippen LogP contribution in [-0.2, 0) is 12.0 Å². The fourth-order valence-corrected chi connectivity index (χ4v) is 4.11. The maximum atomic E-state index is 13.9. The van der Waals surface area contributed by atoms with Crippen molar-refractivity contribution in [1.82, 2.24) is 9.97 Å². The first kappa shape index (κ1) is 21.3. The fourth-order valence-electron chi connectivity index (χ4n) is 2.94. The number of rotatable bonds is 6. The second-order valence-corrected chi connectivity index (χ2v) is 7.92. The highest BCUT2D eigenvalue weighted by atomic mass is 35.5. The molecule has 152 valence electrons. The van der Waals surface area contributed by atoms with Crippen molar-refractivity contribution in [3.05, 3.63) is 64.2 Å². The van der Waals surface area contributed by atoms with Crippen LogP contribution in [0, 0.1) is 0 Å². The first-order chi connectivity index (χ1) is 13.8. The molecule has 3 heterocycles. The van der Waals surface area contributed by atoms with Gasteiger partial charge in [-0.3, -0.25) is 14.8 Å². The van der Waals surface area contributed by atoms with E-state index < -0.39 is 24.1 Å². The Hall–Kier alpha value is -2.39. The molecule has 5 nitrogen and oxygen atoms in total. The minimum atomic E-state index is -1.89. The third-order valence-electron chi connectivity index (χ3n) is 4.38. The van der Waals surface area contributed by atoms with Crippen LogP contribution >= 0.6 is 23.4 Å². The summed E-state index contributed by atoms with van der Waals surface area (Å²) in [6.45, 7) is -0.758. The topological polar surface area (TPSA) is 81.2 Å². The number of aliphatic imine (C=N–C) groups is 1. The molecule has 2 aromatic heterocycles. The van der Waals surface area contributed by atoms with Crippen molar-refractivity contribution in [3.63, 3.8) is 0 Å². The SMILES string of the molecule is NC1=N[C@](CF)(c2cc(CC(=O)c3ncc(C=C(F)F)cc3Cl)ccn2)CCS1. The van der Waals surface area contributed by atoms with Gasteiger partial charge in [0.1, 0.15) is 17.9 Å². The van der Waals surface area contributed by atoms with Crippen LogP contribution in [0.1, 0.15) is 33.7 Å². The van der Waals surface area contributed by atoms with E-state index in [0.29, 0.717) is 34.7 Å². The van der Waals surface area contributed by atoms with Gasteiger partial charge in [0, 0.05) is 30.6 Å². The third kappa shape index (κ3) is 4.97. The summed E-state index contributed by atoms with van der Waals surface area (Å²) in [4.78, 5) is 25.0. The van der Waals surface area contributed by atoms with Gasteiger partial charge in [0.15, 0.2) is 11.0 Å². The van der Waals surface area contributed by atoms with Crippen LogP contribution in [0.5, 0.6) is 0 Å². The highest BCUT2D eigenvalue weighted by Gasteiger charge is 2.36. The van der Waals surface area contributed by atoms with E-state index in [-0.39, 0.29) is 22.7 Å². The van der Waals surface area contributed by atoms with Crippen molar-refractivity contribution in [2.75, 3.05) is 12.4 Å². The molecule has 10 heteroatoms. The van der Waals surface area contributed by atoms with Gasteiger partial charge in [-0.2, -0.15) is 8.78 Å². The van der Waals surface area contributed by atoms with Gasteiger partial charge in [-0.1, -0.05) is 23.4 Å². The number of carbonyl (C=O) groups excluding carboxylic acids is 1. The van der Waals surface area contributed by atoms with E-state index in [4.69, 9.17) is 17.3 Å². The smallest absolute Gasteiger partial charge is 0.270 e. The number of hydrogen-bond donors (Lipinski definition) is 1. The standard InChI is InChI=1S/C19H16ClF3N4OS/c20-13-5-12(8-16(22)23)9-26-17(13)14(28)6-11-1-3-25-15(7-11)19(10-21)2-4-29-18(24)27-19/h1,3,5,7-9H,2,4,6,10H2,(H2,24,27)/t19-/m1/s1. The Kier molecular flexibility index (Phi) is 6.59. The van der Waals surface area contributed by atoms with Gasteiger partial charge in [-0.25, -0.2) is 9.38 Å². The summed E-state index contributed by atoms with van der Waals surface area (Å²) < 4.78 is 38.6. The van der Waals surface area contributed by atoms with Crippen LogP contribution < -0.4 is 5.73 Å². The molecule has 0 fully saturated rings. The lowest BCUT2D eigenvalue weighted by atomic mass is 9.92. The van der Waals surface area contributed by atoms with Crippen LogP contribution in [0.3, 0.4) is 0 Å². The van der Waals surface area contributed by atoms with E-state index in [0.717, 1.165) is 6.20 Å². The Labute approximate surface area is 174 Å². The van der Waals surface area contributed by atoms with Gasteiger partial charge in [-0.15, -0.1) is 0 Å². The fraction of sp³-hybridized carbons (Fsp3) is 0.263. The number of carbonyl (C=O) groups is 1. The second kappa shape index (κ2) is 8.96. The van der Waals surface area contributed by atoms with Crippen molar-refractivity contribution < 1.29 is 18.0 Å². The number of amidine groups is 1. The average molecular weight is 441 g/mol. The normalized spacial score (nSPS) is 18.8. The van der Waals surface area contributed by atoms with Crippen molar-refractivity contribution in [2.24, 2.45) is 10.7 Å². The van der Waals surface area contributed by atoms with E-state index in [1.807, 2.05) is 0 Å². The number of thioether (sulfide) groups is 1. The second-order valence-electron chi connectivity index (χ2n) is 6.40. The molecule has 0 amide bonds. The summed E-state index contributed by atoms with van der Waals surface area (Å²) in [6.07, 6.45) is 1.71. The number of pyridine rings is 2. The van der Waals surface area contributed by atoms with Crippen LogP contribution in [0.2, 0.25) is 5.02 Å². The molecule has 0 bridgehead atoms. The molecule has 0 spiro atoms. The molecular weight excluding hydrogens is 425 g/mol. The summed E-state index contributed by atoms with van der Waals surface area (Å²) in [5.41, 5.74) is 5.65. The molecule has 3 rings (SSSR count). The maximum Gasteiger partial charge on any atom is 0.270 e. The third-order valence-corrected chi connectivity index (χ3v) is 5.46. The maximum absolute atomic E-state index is 13.9. The molecular formula is C19H16ClF3N4OS. The summed E-state index contributed by atoms with van der Waals surface area (Å²) in [5.74, 6) is 0.212. The summed E-state index contributed by atoms with van der Waals surface area (Å²) in [5, 5.41) is 0.271. The van der Waals surface area contributed by atoms with Crippen molar-refractivity contribution in [1.29, 1.82) is 0 Å². The van der Waals surface area contributed by atoms with Crippen LogP contribution in [-0.4, -0.2) is 33.3 Å². The molecule has 1 aliphatic rings. The number of ketones is 1. The van der Waals surface area contributed by atoms with Crippen LogP contribution in [0.15, 0.2) is 41.7 Å². The largest absolute Gasteiger partial charge is 0.379 e. The Morgan fingerprint density at radius 1 is 1.34 bits per heavy atom. The Bertz CT molecular complexity index is 997. The van der Waals surface area contributed by atoms with Crippen molar-refractivity contribution in [2.45, 2.75) is 18.4 Å². The first-order valence-corrected chi connectivity index (χ1v) is 9.90. The molecule has 29 heavy (non-hydrogen) atoms. The molecule has 0 unspecified atom stereocenters. The quantitative estimate of drug-likeness (QED) is 0.673. The van der Waals surface area contributed by atoms with E-state index in [1.54, 1.807) is 12.1 Å². The Morgan fingerprint density at radius 3 is 2.79 bits per heavy atom. The summed E-state index contributed by atoms with van der Waals surface area (Å²) >= 11 is 7.39. The Balaban J connectivity index is 1.84. The number of halogens is 4. The predicted octanol–water partition coefficient (Wildman–Crippen LogP) is 4.41. The zero-order valence-corrected chi connectivity index (χ0v) is 16.6. The number of alkyl halides is 1. The molecule has 0 saturated carbocycles. The Morgan fingerprint density at radius 2 is 2.14 bits per heavy atom. The lowest BCUT2D eigenvalue weighted by molar-refractivity contribution is 0.0988. The van der Waals surface area contributed by atoms with Gasteiger partial charge in [-0.05, 0) is 35.7 Å². The molecule has 2 aromatic rings. The lowest BCUT2D eigenvalue weighted by Gasteiger charge is -2.30. The minimum absolute atomic E-state index is 0.0267. The van der Waals surface area contributed by atoms with Gasteiger partial charge >= 0.3 is 0 Å². The molecule has 2 N–H and O–H groups in total. The van der Waals surface area contributed by atoms with Crippen LogP contribution in [0.4, 0.5) is 13.2 Å². The number of Topliss-reactive ketones (excluding diaryl/α,β-unsaturated/α-hetero) is 1. The first-order valence-electron chi connectivity index (χ1n) is 8.54. The zero-order chi connectivity index (χ0) is 21.0. The highest BCUT2D eigenvalue weighted by molar-refractivity contribution is 8.13. The number of aromatic nitrogens is 2. The van der Waals surface area contributed by atoms with E-state index >= 15 is 0 Å². The summed E-state index contributed by atoms with van der Waals surface area (Å²) in [7, 11) is 0. The predicted molar refractivity (Wildman–Crippen MR) is 108 cm³/mol. The van der Waals surface area contributed by atoms with E-state index in [1.165, 1.54) is 24.0 Å². The molecule has 0 aromatic carbocycles. The van der Waals surface area contributed by atoms with E-state index in [9.17, 15) is 18.0 Å². The highest BCUT2D eigenvalue weighted by Crippen LogP contribution is 2.35. The molecule has 0 radical (unpaired) electrons. The monoisotopic (exact) mass is 440 g/mol. The number of nitrogens with zero attached hydrogens (tertiary/aromatic N) is 3. The lowest BCUT2D eigenvalue weighted by Crippen LogP contribution is -2.34. The van der Waals surface area contributed by atoms with Gasteiger partial charge in [0.05, 0.1) is 10.7 Å².